The summed E-state index contributed by atoms with van der Waals surface area (Å²) in [4.78, 5) is 22.9. The van der Waals surface area contributed by atoms with E-state index in [2.05, 4.69) is 5.32 Å². The monoisotopic (exact) mass is 288 g/mol. The van der Waals surface area contributed by atoms with E-state index < -0.39 is 4.92 Å². The molecule has 20 heavy (non-hydrogen) atoms. The molecule has 0 saturated heterocycles. The molecule has 0 aliphatic rings. The van der Waals surface area contributed by atoms with Crippen molar-refractivity contribution in [2.45, 2.75) is 0 Å². The first-order valence-corrected chi connectivity index (χ1v) is 6.72. The Kier molecular flexibility index (Phi) is 4.27. The summed E-state index contributed by atoms with van der Waals surface area (Å²) in [6, 6.07) is 8.32. The predicted octanol–water partition coefficient (Wildman–Crippen LogP) is 3.59. The summed E-state index contributed by atoms with van der Waals surface area (Å²) in [5, 5.41) is 15.5. The molecule has 0 fully saturated rings. The minimum Gasteiger partial charge on any atom is -0.383 e. The third-order valence-electron chi connectivity index (χ3n) is 2.68. The Morgan fingerprint density at radius 2 is 2.20 bits per heavy atom. The standard InChI is InChI=1S/C14H12N2O3S/c1-15-11-6-4-10(9-12(11)16(18)19)5-7-13(17)14-3-2-8-20-14/h2-9,15H,1H3/b7-5+. The van der Waals surface area contributed by atoms with Crippen molar-refractivity contribution in [3.05, 3.63) is 62.3 Å². The average Bonchev–Trinajstić information content (AvgIpc) is 2.98. The highest BCUT2D eigenvalue weighted by molar-refractivity contribution is 7.12. The third kappa shape index (κ3) is 3.10. The number of nitrogens with zero attached hydrogens (tertiary/aromatic N) is 1. The molecule has 5 nitrogen and oxygen atoms in total. The molecule has 0 unspecified atom stereocenters. The number of thiophene rings is 1. The largest absolute Gasteiger partial charge is 0.383 e. The first-order chi connectivity index (χ1) is 9.61. The molecule has 0 spiro atoms. The van der Waals surface area contributed by atoms with E-state index in [-0.39, 0.29) is 11.5 Å². The second-order valence-corrected chi connectivity index (χ2v) is 4.91. The van der Waals surface area contributed by atoms with Crippen molar-refractivity contribution in [2.75, 3.05) is 12.4 Å². The van der Waals surface area contributed by atoms with Crippen molar-refractivity contribution in [1.82, 2.24) is 0 Å². The lowest BCUT2D eigenvalue weighted by molar-refractivity contribution is -0.383. The highest BCUT2D eigenvalue weighted by Crippen LogP contribution is 2.25. The topological polar surface area (TPSA) is 72.2 Å². The van der Waals surface area contributed by atoms with E-state index in [9.17, 15) is 14.9 Å². The predicted molar refractivity (Wildman–Crippen MR) is 80.3 cm³/mol. The second-order valence-electron chi connectivity index (χ2n) is 3.96. The van der Waals surface area contributed by atoms with Gasteiger partial charge in [0, 0.05) is 13.1 Å². The molecule has 1 heterocycles. The highest BCUT2D eigenvalue weighted by atomic mass is 32.1. The van der Waals surface area contributed by atoms with Gasteiger partial charge in [-0.2, -0.15) is 0 Å². The van der Waals surface area contributed by atoms with Gasteiger partial charge < -0.3 is 5.32 Å². The minimum atomic E-state index is -0.454. The Bertz CT molecular complexity index is 663. The van der Waals surface area contributed by atoms with Gasteiger partial charge in [0.1, 0.15) is 5.69 Å². The van der Waals surface area contributed by atoms with Gasteiger partial charge >= 0.3 is 0 Å². The zero-order chi connectivity index (χ0) is 14.5. The fraction of sp³-hybridized carbons (Fsp3) is 0.0714. The summed E-state index contributed by atoms with van der Waals surface area (Å²) in [5.41, 5.74) is 1.04. The number of benzene rings is 1. The molecule has 2 aromatic rings. The van der Waals surface area contributed by atoms with Crippen LogP contribution in [-0.4, -0.2) is 17.8 Å². The van der Waals surface area contributed by atoms with Gasteiger partial charge in [0.15, 0.2) is 5.78 Å². The number of allylic oxidation sites excluding steroid dienone is 1. The molecule has 0 aliphatic carbocycles. The highest BCUT2D eigenvalue weighted by Gasteiger charge is 2.12. The number of nitro benzene ring substituents is 1. The maximum absolute atomic E-state index is 11.8. The molecule has 2 rings (SSSR count). The van der Waals surface area contributed by atoms with Gasteiger partial charge in [0.25, 0.3) is 5.69 Å². The molecule has 1 aromatic heterocycles. The number of carbonyl (C=O) groups is 1. The van der Waals surface area contributed by atoms with Crippen LogP contribution in [0.3, 0.4) is 0 Å². The maximum Gasteiger partial charge on any atom is 0.292 e. The Morgan fingerprint density at radius 1 is 1.40 bits per heavy atom. The molecule has 0 amide bonds. The number of nitrogens with one attached hydrogen (secondary N) is 1. The van der Waals surface area contributed by atoms with Crippen LogP contribution < -0.4 is 5.32 Å². The lowest BCUT2D eigenvalue weighted by atomic mass is 10.1. The molecule has 102 valence electrons. The number of nitro groups is 1. The third-order valence-corrected chi connectivity index (χ3v) is 3.56. The van der Waals surface area contributed by atoms with Crippen LogP contribution in [0.25, 0.3) is 6.08 Å². The molecule has 0 radical (unpaired) electrons. The van der Waals surface area contributed by atoms with Gasteiger partial charge in [0.05, 0.1) is 9.80 Å². The van der Waals surface area contributed by atoms with Gasteiger partial charge in [-0.3, -0.25) is 14.9 Å². The fourth-order valence-electron chi connectivity index (χ4n) is 1.69. The van der Waals surface area contributed by atoms with Gasteiger partial charge in [-0.05, 0) is 29.2 Å². The molecule has 1 aromatic carbocycles. The summed E-state index contributed by atoms with van der Waals surface area (Å²) in [6.07, 6.45) is 3.00. The first-order valence-electron chi connectivity index (χ1n) is 5.84. The van der Waals surface area contributed by atoms with Gasteiger partial charge in [0.2, 0.25) is 0 Å². The number of ketones is 1. The van der Waals surface area contributed by atoms with Gasteiger partial charge in [-0.15, -0.1) is 11.3 Å². The zero-order valence-electron chi connectivity index (χ0n) is 10.7. The SMILES string of the molecule is CNc1ccc(/C=C/C(=O)c2cccs2)cc1[N+](=O)[O-]. The minimum absolute atomic E-state index is 0.0155. The summed E-state index contributed by atoms with van der Waals surface area (Å²) < 4.78 is 0. The molecule has 1 N–H and O–H groups in total. The van der Waals surface area contributed by atoms with E-state index >= 15 is 0 Å². The van der Waals surface area contributed by atoms with Crippen molar-refractivity contribution in [1.29, 1.82) is 0 Å². The number of hydrogen-bond acceptors (Lipinski definition) is 5. The lowest BCUT2D eigenvalue weighted by Gasteiger charge is -2.02. The molecular weight excluding hydrogens is 276 g/mol. The molecule has 0 atom stereocenters. The molecular formula is C14H12N2O3S. The van der Waals surface area contributed by atoms with Crippen molar-refractivity contribution >= 4 is 34.6 Å². The smallest absolute Gasteiger partial charge is 0.292 e. The normalized spacial score (nSPS) is 10.7. The van der Waals surface area contributed by atoms with Gasteiger partial charge in [-0.1, -0.05) is 18.2 Å². The van der Waals surface area contributed by atoms with Crippen LogP contribution in [0.1, 0.15) is 15.2 Å². The van der Waals surface area contributed by atoms with Crippen LogP contribution in [0.5, 0.6) is 0 Å². The zero-order valence-corrected chi connectivity index (χ0v) is 11.5. The lowest BCUT2D eigenvalue weighted by Crippen LogP contribution is -1.96. The van der Waals surface area contributed by atoms with E-state index in [0.29, 0.717) is 16.1 Å². The summed E-state index contributed by atoms with van der Waals surface area (Å²) >= 11 is 1.36. The van der Waals surface area contributed by atoms with E-state index in [0.717, 1.165) is 0 Å². The Hall–Kier alpha value is -2.47. The van der Waals surface area contributed by atoms with Crippen LogP contribution in [0.4, 0.5) is 11.4 Å². The Balaban J connectivity index is 2.24. The van der Waals surface area contributed by atoms with E-state index in [1.807, 2.05) is 5.38 Å². The van der Waals surface area contributed by atoms with E-state index in [4.69, 9.17) is 0 Å². The second kappa shape index (κ2) is 6.12. The molecule has 0 saturated carbocycles. The van der Waals surface area contributed by atoms with E-state index in [1.54, 1.807) is 37.4 Å². The average molecular weight is 288 g/mol. The number of hydrogen-bond donors (Lipinski definition) is 1. The van der Waals surface area contributed by atoms with Crippen LogP contribution >= 0.6 is 11.3 Å². The summed E-state index contributed by atoms with van der Waals surface area (Å²) in [6.45, 7) is 0. The van der Waals surface area contributed by atoms with Crippen molar-refractivity contribution < 1.29 is 9.72 Å². The Morgan fingerprint density at radius 3 is 2.80 bits per heavy atom. The van der Waals surface area contributed by atoms with Crippen LogP contribution in [0, 0.1) is 10.1 Å². The summed E-state index contributed by atoms with van der Waals surface area (Å²) in [7, 11) is 1.62. The quantitative estimate of drug-likeness (QED) is 0.395. The van der Waals surface area contributed by atoms with Crippen LogP contribution in [-0.2, 0) is 0 Å². The molecule has 6 heteroatoms. The molecule has 0 aliphatic heterocycles. The number of rotatable bonds is 5. The van der Waals surface area contributed by atoms with E-state index in [1.165, 1.54) is 23.5 Å². The van der Waals surface area contributed by atoms with Crippen molar-refractivity contribution in [3.63, 3.8) is 0 Å². The van der Waals surface area contributed by atoms with Crippen molar-refractivity contribution in [2.24, 2.45) is 0 Å². The van der Waals surface area contributed by atoms with Crippen LogP contribution in [0.2, 0.25) is 0 Å². The molecule has 0 bridgehead atoms. The Labute approximate surface area is 119 Å². The number of anilines is 1. The van der Waals surface area contributed by atoms with Crippen LogP contribution in [0.15, 0.2) is 41.8 Å². The van der Waals surface area contributed by atoms with Crippen molar-refractivity contribution in [3.8, 4) is 0 Å². The van der Waals surface area contributed by atoms with Gasteiger partial charge in [-0.25, -0.2) is 0 Å². The maximum atomic E-state index is 11.8. The first kappa shape index (κ1) is 14.0. The summed E-state index contributed by atoms with van der Waals surface area (Å²) in [5.74, 6) is -0.111. The fourth-order valence-corrected chi connectivity index (χ4v) is 2.33. The number of carbonyl (C=O) groups excluding carboxylic acids is 1.